The minimum absolute atomic E-state index is 0.0613. The molecule has 3 heterocycles. The van der Waals surface area contributed by atoms with Crippen molar-refractivity contribution in [1.82, 2.24) is 24.9 Å². The van der Waals surface area contributed by atoms with Gasteiger partial charge in [-0.2, -0.15) is 0 Å². The van der Waals surface area contributed by atoms with Gasteiger partial charge >= 0.3 is 0 Å². The first-order valence-electron chi connectivity index (χ1n) is 8.44. The van der Waals surface area contributed by atoms with Gasteiger partial charge in [-0.1, -0.05) is 18.2 Å². The van der Waals surface area contributed by atoms with E-state index in [-0.39, 0.29) is 23.6 Å². The molecule has 0 saturated carbocycles. The van der Waals surface area contributed by atoms with Crippen LogP contribution in [0.4, 0.5) is 5.69 Å². The topological polar surface area (TPSA) is 92.5 Å². The van der Waals surface area contributed by atoms with Gasteiger partial charge in [-0.25, -0.2) is 4.98 Å². The van der Waals surface area contributed by atoms with E-state index in [1.54, 1.807) is 21.6 Å². The van der Waals surface area contributed by atoms with E-state index in [1.165, 1.54) is 0 Å². The number of nitrogens with zero attached hydrogens (tertiary/aromatic N) is 5. The third-order valence-corrected chi connectivity index (χ3v) is 4.45. The van der Waals surface area contributed by atoms with Crippen LogP contribution < -0.4 is 10.2 Å². The summed E-state index contributed by atoms with van der Waals surface area (Å²) in [7, 11) is 0. The Hall–Kier alpha value is -3.29. The van der Waals surface area contributed by atoms with Crippen LogP contribution in [-0.4, -0.2) is 44.5 Å². The zero-order chi connectivity index (χ0) is 18.1. The molecule has 1 aromatic carbocycles. The number of hydrogen-bond acceptors (Lipinski definition) is 5. The van der Waals surface area contributed by atoms with Crippen LogP contribution in [0.2, 0.25) is 0 Å². The highest BCUT2D eigenvalue weighted by molar-refractivity contribution is 5.96. The molecule has 1 fully saturated rings. The zero-order valence-electron chi connectivity index (χ0n) is 14.3. The molecule has 3 aromatic rings. The number of aryl methyl sites for hydroxylation is 1. The number of anilines is 1. The molecule has 8 nitrogen and oxygen atoms in total. The molecule has 1 aliphatic heterocycles. The molecule has 0 bridgehead atoms. The first-order valence-corrected chi connectivity index (χ1v) is 8.44. The Balaban J connectivity index is 1.41. The standard InChI is InChI=1S/C18H18N6O2/c1-12-7-8-23-16(21-22-18(23)20-12)17(26)19-10-13-9-15(25)24(11-13)14-5-3-2-4-6-14/h2-8,13H,9-11H2,1H3,(H,19,26). The van der Waals surface area contributed by atoms with Crippen molar-refractivity contribution in [2.24, 2.45) is 5.92 Å². The van der Waals surface area contributed by atoms with Crippen LogP contribution >= 0.6 is 0 Å². The fraction of sp³-hybridized carbons (Fsp3) is 0.278. The van der Waals surface area contributed by atoms with Crippen molar-refractivity contribution in [1.29, 1.82) is 0 Å². The Bertz CT molecular complexity index is 968. The first-order chi connectivity index (χ1) is 12.6. The highest BCUT2D eigenvalue weighted by atomic mass is 16.2. The minimum atomic E-state index is -0.325. The molecule has 1 aliphatic rings. The van der Waals surface area contributed by atoms with E-state index >= 15 is 0 Å². The molecule has 4 rings (SSSR count). The van der Waals surface area contributed by atoms with Crippen LogP contribution in [0, 0.1) is 12.8 Å². The molecular weight excluding hydrogens is 332 g/mol. The molecule has 1 saturated heterocycles. The molecule has 0 aliphatic carbocycles. The van der Waals surface area contributed by atoms with Crippen LogP contribution in [-0.2, 0) is 4.79 Å². The van der Waals surface area contributed by atoms with Gasteiger partial charge < -0.3 is 10.2 Å². The third-order valence-electron chi connectivity index (χ3n) is 4.45. The molecular formula is C18H18N6O2. The highest BCUT2D eigenvalue weighted by Crippen LogP contribution is 2.24. The van der Waals surface area contributed by atoms with Gasteiger partial charge in [0.05, 0.1) is 0 Å². The van der Waals surface area contributed by atoms with Gasteiger partial charge in [-0.3, -0.25) is 14.0 Å². The average Bonchev–Trinajstić information content (AvgIpc) is 3.23. The summed E-state index contributed by atoms with van der Waals surface area (Å²) in [5.74, 6) is 0.390. The van der Waals surface area contributed by atoms with Crippen molar-refractivity contribution in [3.63, 3.8) is 0 Å². The predicted molar refractivity (Wildman–Crippen MR) is 94.8 cm³/mol. The van der Waals surface area contributed by atoms with E-state index < -0.39 is 0 Å². The fourth-order valence-electron chi connectivity index (χ4n) is 3.12. The molecule has 0 spiro atoms. The summed E-state index contributed by atoms with van der Waals surface area (Å²) < 4.78 is 1.55. The lowest BCUT2D eigenvalue weighted by molar-refractivity contribution is -0.117. The number of aromatic nitrogens is 4. The van der Waals surface area contributed by atoms with Crippen LogP contribution in [0.5, 0.6) is 0 Å². The van der Waals surface area contributed by atoms with Crippen LogP contribution in [0.3, 0.4) is 0 Å². The fourth-order valence-corrected chi connectivity index (χ4v) is 3.12. The molecule has 1 N–H and O–H groups in total. The molecule has 1 atom stereocenters. The van der Waals surface area contributed by atoms with Gasteiger partial charge in [0.25, 0.3) is 11.7 Å². The average molecular weight is 350 g/mol. The number of hydrogen-bond donors (Lipinski definition) is 1. The Morgan fingerprint density at radius 2 is 2.04 bits per heavy atom. The number of benzene rings is 1. The lowest BCUT2D eigenvalue weighted by Crippen LogP contribution is -2.32. The summed E-state index contributed by atoms with van der Waals surface area (Å²) in [6.07, 6.45) is 2.14. The molecule has 132 valence electrons. The van der Waals surface area contributed by atoms with E-state index in [0.29, 0.717) is 25.3 Å². The maximum Gasteiger partial charge on any atom is 0.289 e. The molecule has 8 heteroatoms. The summed E-state index contributed by atoms with van der Waals surface area (Å²) in [6.45, 7) is 2.84. The van der Waals surface area contributed by atoms with Gasteiger partial charge in [-0.15, -0.1) is 10.2 Å². The number of nitrogens with one attached hydrogen (secondary N) is 1. The maximum atomic E-state index is 12.4. The lowest BCUT2D eigenvalue weighted by Gasteiger charge is -2.16. The smallest absolute Gasteiger partial charge is 0.289 e. The van der Waals surface area contributed by atoms with Gasteiger partial charge in [0.1, 0.15) is 0 Å². The van der Waals surface area contributed by atoms with Crippen molar-refractivity contribution in [2.75, 3.05) is 18.0 Å². The Kier molecular flexibility index (Phi) is 4.08. The molecule has 26 heavy (non-hydrogen) atoms. The van der Waals surface area contributed by atoms with Gasteiger partial charge in [0, 0.05) is 43.0 Å². The highest BCUT2D eigenvalue weighted by Gasteiger charge is 2.31. The van der Waals surface area contributed by atoms with Gasteiger partial charge in [0.2, 0.25) is 11.7 Å². The Morgan fingerprint density at radius 1 is 1.23 bits per heavy atom. The summed E-state index contributed by atoms with van der Waals surface area (Å²) >= 11 is 0. The van der Waals surface area contributed by atoms with E-state index in [9.17, 15) is 9.59 Å². The third kappa shape index (κ3) is 3.01. The van der Waals surface area contributed by atoms with Crippen molar-refractivity contribution < 1.29 is 9.59 Å². The maximum absolute atomic E-state index is 12.4. The normalized spacial score (nSPS) is 17.0. The van der Waals surface area contributed by atoms with E-state index in [2.05, 4.69) is 20.5 Å². The predicted octanol–water partition coefficient (Wildman–Crippen LogP) is 1.22. The van der Waals surface area contributed by atoms with Crippen molar-refractivity contribution in [3.05, 3.63) is 54.1 Å². The molecule has 2 aromatic heterocycles. The second-order valence-electron chi connectivity index (χ2n) is 6.38. The molecule has 1 unspecified atom stereocenters. The summed E-state index contributed by atoms with van der Waals surface area (Å²) in [4.78, 5) is 30.7. The largest absolute Gasteiger partial charge is 0.349 e. The second-order valence-corrected chi connectivity index (χ2v) is 6.38. The number of fused-ring (bicyclic) bond motifs is 1. The number of para-hydroxylation sites is 1. The van der Waals surface area contributed by atoms with Crippen LogP contribution in [0.1, 0.15) is 22.7 Å². The van der Waals surface area contributed by atoms with Crippen molar-refractivity contribution in [2.45, 2.75) is 13.3 Å². The molecule has 2 amide bonds. The van der Waals surface area contributed by atoms with E-state index in [1.807, 2.05) is 37.3 Å². The number of rotatable bonds is 4. The summed E-state index contributed by atoms with van der Waals surface area (Å²) in [5, 5.41) is 10.7. The second kappa shape index (κ2) is 6.55. The Morgan fingerprint density at radius 3 is 2.85 bits per heavy atom. The van der Waals surface area contributed by atoms with E-state index in [0.717, 1.165) is 11.4 Å². The zero-order valence-corrected chi connectivity index (χ0v) is 14.3. The first kappa shape index (κ1) is 16.2. The molecule has 0 radical (unpaired) electrons. The SMILES string of the molecule is Cc1ccn2c(C(=O)NCC3CC(=O)N(c4ccccc4)C3)nnc2n1. The van der Waals surface area contributed by atoms with Crippen LogP contribution in [0.15, 0.2) is 42.6 Å². The van der Waals surface area contributed by atoms with Crippen molar-refractivity contribution in [3.8, 4) is 0 Å². The monoisotopic (exact) mass is 350 g/mol. The van der Waals surface area contributed by atoms with Gasteiger partial charge in [0.15, 0.2) is 0 Å². The van der Waals surface area contributed by atoms with Gasteiger partial charge in [-0.05, 0) is 25.1 Å². The quantitative estimate of drug-likeness (QED) is 0.764. The summed E-state index contributed by atoms with van der Waals surface area (Å²) in [6, 6.07) is 11.3. The minimum Gasteiger partial charge on any atom is -0.349 e. The summed E-state index contributed by atoms with van der Waals surface area (Å²) in [5.41, 5.74) is 1.69. The Labute approximate surface area is 149 Å². The van der Waals surface area contributed by atoms with Crippen LogP contribution in [0.25, 0.3) is 5.78 Å². The lowest BCUT2D eigenvalue weighted by atomic mass is 10.1. The number of carbonyl (C=O) groups is 2. The number of amides is 2. The number of carbonyl (C=O) groups excluding carboxylic acids is 2. The van der Waals surface area contributed by atoms with E-state index in [4.69, 9.17) is 0 Å². The van der Waals surface area contributed by atoms with Crippen molar-refractivity contribution >= 4 is 23.3 Å².